The van der Waals surface area contributed by atoms with Crippen LogP contribution in [0.1, 0.15) is 142 Å². The van der Waals surface area contributed by atoms with Crippen molar-refractivity contribution >= 4 is 112 Å². The number of halogens is 3. The summed E-state index contributed by atoms with van der Waals surface area (Å²) in [7, 11) is 1.05. The van der Waals surface area contributed by atoms with E-state index in [9.17, 15) is 84.6 Å². The second-order valence-corrected chi connectivity index (χ2v) is 38.0. The molecule has 16 bridgehead atoms. The molecule has 144 heavy (non-hydrogen) atoms. The van der Waals surface area contributed by atoms with E-state index < -0.39 is 330 Å². The monoisotopic (exact) mass is 2060 g/mol. The van der Waals surface area contributed by atoms with Crippen molar-refractivity contribution in [3.63, 3.8) is 0 Å². The third kappa shape index (κ3) is 24.4. The fraction of sp³-hybridized carbons (Fsp3) is 0.427. The SMILES string of the molecule is Cc1ccc2cc1-c1c(O)cc(O)cc1[C@H](C(=O)O)NC(=O)[C@H]1NC(=O)[C@@H]2NC(=O)[C@@H]2NC(=O)[C@H](CC(N)=O)NC(=O)[C@H](NC(=O)[C@@H](CC(C)C)N(C)C(=O)OCOC(=O)CCC(=O)N(CC(=O)O)CC(=O)O)[C@H](O)c3ccc(c(Cl)c3)Oc3cc2cc2c3O[C@@H]3O[C@H](CO[C@@H]4O[C@H](C[C@](C)(N)[C@H]4O)O[C@@H]1c1ccc(c(Cl)c1)O2)[C@@H](O)[C@H](O)[C@H]3O[C@H]1C[C@](C)(NCc2ccc(-c3ccc(Cl)cc3)cc2)[C@@H](O)[C@H](C)O1. The first-order valence-electron chi connectivity index (χ1n) is 45.3. The number of aryl methyl sites for hydroxylation is 1. The Morgan fingerprint density at radius 3 is 1.89 bits per heavy atom. The number of aliphatic hydroxyl groups excluding tert-OH is 5. The molecule has 0 saturated carbocycles. The van der Waals surface area contributed by atoms with Gasteiger partial charge in [-0.1, -0.05) is 109 Å². The van der Waals surface area contributed by atoms with Crippen LogP contribution in [0, 0.1) is 12.8 Å². The fourth-order valence-corrected chi connectivity index (χ4v) is 18.3. The molecule has 0 aliphatic carbocycles. The first kappa shape index (κ1) is 107. The number of phenolic OH excluding ortho intramolecular Hbond substituents is 2. The molecule has 3 fully saturated rings. The third-order valence-electron chi connectivity index (χ3n) is 25.5. The summed E-state index contributed by atoms with van der Waals surface area (Å²) in [4.78, 5) is 187. The van der Waals surface area contributed by atoms with Crippen molar-refractivity contribution in [3.05, 3.63) is 181 Å². The summed E-state index contributed by atoms with van der Waals surface area (Å²) in [5.74, 6) is -22.1. The van der Waals surface area contributed by atoms with Crippen LogP contribution in [0.4, 0.5) is 4.79 Å². The van der Waals surface area contributed by atoms with Gasteiger partial charge in [-0.15, -0.1) is 0 Å². The van der Waals surface area contributed by atoms with Gasteiger partial charge in [0, 0.05) is 66.1 Å². The van der Waals surface area contributed by atoms with Crippen LogP contribution in [0.25, 0.3) is 22.3 Å². The van der Waals surface area contributed by atoms with E-state index in [1.165, 1.54) is 50.2 Å². The summed E-state index contributed by atoms with van der Waals surface area (Å²) < 4.78 is 70.6. The largest absolute Gasteiger partial charge is 0.508 e. The molecule has 0 spiro atoms. The van der Waals surface area contributed by atoms with Crippen LogP contribution in [0.2, 0.25) is 15.1 Å². The molecule has 21 N–H and O–H groups in total. The Balaban J connectivity index is 0.926. The van der Waals surface area contributed by atoms with Crippen LogP contribution in [0.15, 0.2) is 127 Å². The van der Waals surface area contributed by atoms with Gasteiger partial charge in [0.15, 0.2) is 42.5 Å². The normalized spacial score (nSPS) is 27.6. The lowest BCUT2D eigenvalue weighted by molar-refractivity contribution is -0.351. The van der Waals surface area contributed by atoms with Crippen molar-refractivity contribution in [2.75, 3.05) is 33.5 Å². The molecule has 0 radical (unpaired) electrons. The number of esters is 1. The molecule has 3 saturated heterocycles. The number of amides is 9. The van der Waals surface area contributed by atoms with Gasteiger partial charge in [-0.25, -0.2) is 9.59 Å². The number of carboxylic acid groups (broad SMARTS) is 3. The molecular formula is C96H106Cl3N11O34. The molecule has 0 aromatic heterocycles. The molecule has 45 nitrogen and oxygen atoms in total. The van der Waals surface area contributed by atoms with E-state index in [0.29, 0.717) is 14.8 Å². The van der Waals surface area contributed by atoms with Gasteiger partial charge >= 0.3 is 30.0 Å². The number of ether oxygens (including phenoxy) is 11. The van der Waals surface area contributed by atoms with Gasteiger partial charge in [0.2, 0.25) is 66.1 Å². The summed E-state index contributed by atoms with van der Waals surface area (Å²) in [5, 5.41) is 134. The molecule has 10 aliphatic rings. The molecule has 22 atom stereocenters. The van der Waals surface area contributed by atoms with Crippen LogP contribution in [-0.4, -0.2) is 275 Å². The molecule has 7 aromatic rings. The molecular weight excluding hydrogens is 1960 g/mol. The Labute approximate surface area is 835 Å². The minimum Gasteiger partial charge on any atom is -0.508 e. The van der Waals surface area contributed by atoms with E-state index in [1.54, 1.807) is 39.8 Å². The average molecular weight is 2060 g/mol. The van der Waals surface area contributed by atoms with Gasteiger partial charge in [0.1, 0.15) is 109 Å². The number of hydrogen-bond acceptors (Lipinski definition) is 33. The van der Waals surface area contributed by atoms with Crippen LogP contribution in [0.5, 0.6) is 40.2 Å². The Kier molecular flexibility index (Phi) is 33.0. The Morgan fingerprint density at radius 1 is 0.639 bits per heavy atom. The summed E-state index contributed by atoms with van der Waals surface area (Å²) in [6.45, 7) is 5.34. The number of hydrogen-bond donors (Lipinski definition) is 19. The fourth-order valence-electron chi connectivity index (χ4n) is 17.7. The van der Waals surface area contributed by atoms with Crippen LogP contribution < -0.4 is 62.9 Å². The van der Waals surface area contributed by atoms with Gasteiger partial charge in [0.25, 0.3) is 0 Å². The first-order chi connectivity index (χ1) is 68.1. The van der Waals surface area contributed by atoms with E-state index in [-0.39, 0.29) is 52.8 Å². The number of rotatable bonds is 23. The number of aliphatic hydroxyl groups is 5. The number of nitrogens with two attached hydrogens (primary N) is 2. The lowest BCUT2D eigenvalue weighted by atomic mass is 9.84. The van der Waals surface area contributed by atoms with Crippen LogP contribution in [-0.2, 0) is 102 Å². The molecule has 10 heterocycles. The number of nitrogens with zero attached hydrogens (tertiary/aromatic N) is 2. The summed E-state index contributed by atoms with van der Waals surface area (Å²) in [6.07, 6.45) is -29.5. The number of fused-ring (bicyclic) bond motifs is 14. The van der Waals surface area contributed by atoms with Gasteiger partial charge in [0.05, 0.1) is 41.7 Å². The van der Waals surface area contributed by atoms with Crippen molar-refractivity contribution in [1.29, 1.82) is 0 Å². The van der Waals surface area contributed by atoms with Crippen LogP contribution >= 0.6 is 34.8 Å². The molecule has 17 rings (SSSR count). The van der Waals surface area contributed by atoms with Gasteiger partial charge < -0.3 is 157 Å². The van der Waals surface area contributed by atoms with Crippen molar-refractivity contribution in [2.24, 2.45) is 17.4 Å². The number of carboxylic acids is 3. The maximum absolute atomic E-state index is 16.8. The first-order valence-corrected chi connectivity index (χ1v) is 46.5. The number of likely N-dealkylation sites (N-methyl/N-ethyl adjacent to an activating group) is 1. The molecule has 48 heteroatoms. The Bertz CT molecular complexity index is 6090. The summed E-state index contributed by atoms with van der Waals surface area (Å²) in [6, 6.07) is 13.7. The van der Waals surface area contributed by atoms with Crippen LogP contribution in [0.3, 0.4) is 0 Å². The average Bonchev–Trinajstić information content (AvgIpc) is 0.752. The number of carbonyl (C=O) groups is 13. The van der Waals surface area contributed by atoms with E-state index >= 15 is 28.8 Å². The minimum atomic E-state index is -2.46. The summed E-state index contributed by atoms with van der Waals surface area (Å²) in [5.41, 5.74) is 10.2. The topological polar surface area (TPSA) is 668 Å². The standard InChI is InChI=1S/C96H106Cl3N11O34/c1-40(2)24-57(109(7)94(133)136-39-135-68(119)23-22-65(114)110(36-66(115)116)37-67(117)118)86(126)107-75-77(120)47-16-20-59(54(98)26-47)138-61-28-49-29-62-81(61)144-92-82(142-70-34-96(6,83(123)42(4)137-70)102-35-43-9-12-44(13-10-43)45-14-18-50(97)19-15-45)79(122)78(121)63(140-92)38-134-93-84(124)95(5,101)33-69(143-93)141-80(48-17-21-60(139-62)55(99)27-48)76-90(130)106-74(91(131)132)53-30-51(111)31-58(112)71(53)52-25-46(11-8-41(52)3)72(87(127)108-76)105-88(128)73(49)104-85(125)56(32-64(100)113)103-89(75)129/h8-21,25-31,40,42,56-57,63,69-70,72-80,82-84,92-93,102,111-112,120-124H,22-24,32-39,101H2,1-7H3,(H2,100,113)(H,103,129)(H,104,125)(H,105,128)(H,106,130)(H,107,126)(H,108,127)(H,115,116)(H,117,118)(H,131,132)/t42-,56-,57+,63+,69+,70-,72+,73+,74+,75+,76-,77+,78+,79-,80+,82+,83-,84-,92-,93+,95-,96-/m0/s1. The molecule has 7 aromatic carbocycles. The van der Waals surface area contributed by atoms with Gasteiger partial charge in [-0.05, 0) is 151 Å². The van der Waals surface area contributed by atoms with Crippen molar-refractivity contribution in [1.82, 2.24) is 47.0 Å². The number of primary amides is 1. The zero-order chi connectivity index (χ0) is 104. The van der Waals surface area contributed by atoms with Gasteiger partial charge in [-0.2, -0.15) is 0 Å². The number of phenols is 2. The van der Waals surface area contributed by atoms with E-state index in [2.05, 4.69) is 37.2 Å². The van der Waals surface area contributed by atoms with Crippen molar-refractivity contribution in [2.45, 2.75) is 220 Å². The maximum Gasteiger partial charge on any atom is 0.413 e. The highest BCUT2D eigenvalue weighted by Gasteiger charge is 2.55. The number of aromatic hydroxyl groups is 2. The van der Waals surface area contributed by atoms with E-state index in [0.717, 1.165) is 66.2 Å². The quantitative estimate of drug-likeness (QED) is 0.0315. The van der Waals surface area contributed by atoms with E-state index in [1.807, 2.05) is 36.4 Å². The third-order valence-corrected chi connectivity index (χ3v) is 26.3. The number of aliphatic carboxylic acids is 3. The van der Waals surface area contributed by atoms with Gasteiger partial charge in [-0.3, -0.25) is 57.6 Å². The van der Waals surface area contributed by atoms with Crippen molar-refractivity contribution in [3.8, 4) is 62.5 Å². The smallest absolute Gasteiger partial charge is 0.413 e. The minimum absolute atomic E-state index is 0.0934. The predicted octanol–water partition coefficient (Wildman–Crippen LogP) is 4.20. The number of nitrogens with one attached hydrogen (secondary N) is 7. The van der Waals surface area contributed by atoms with Crippen molar-refractivity contribution < 1.29 is 165 Å². The molecule has 9 amide bonds. The summed E-state index contributed by atoms with van der Waals surface area (Å²) >= 11 is 21.0. The molecule has 10 aliphatic heterocycles. The Morgan fingerprint density at radius 2 is 1.26 bits per heavy atom. The second kappa shape index (κ2) is 44.6. The zero-order valence-corrected chi connectivity index (χ0v) is 80.2. The lowest BCUT2D eigenvalue weighted by Crippen LogP contribution is -2.66. The highest BCUT2D eigenvalue weighted by Crippen LogP contribution is 2.51. The zero-order valence-electron chi connectivity index (χ0n) is 78.0. The second-order valence-electron chi connectivity index (χ2n) is 36.7. The van der Waals surface area contributed by atoms with E-state index in [4.69, 9.17) is 98.4 Å². The Hall–Kier alpha value is -13.2. The molecule has 0 unspecified atom stereocenters. The predicted molar refractivity (Wildman–Crippen MR) is 499 cm³/mol. The number of benzene rings is 7. The lowest BCUT2D eigenvalue weighted by Gasteiger charge is -2.49. The number of carbonyl (C=O) groups excluding carboxylic acids is 10. The molecule has 770 valence electrons. The maximum atomic E-state index is 16.8. The highest BCUT2D eigenvalue weighted by atomic mass is 35.5. The highest BCUT2D eigenvalue weighted by molar-refractivity contribution is 6.32.